The zero-order valence-corrected chi connectivity index (χ0v) is 25.3. The third-order valence-corrected chi connectivity index (χ3v) is 7.76. The maximum atomic E-state index is 9.35. The van der Waals surface area contributed by atoms with Gasteiger partial charge >= 0.3 is 0 Å². The molecule has 47 heavy (non-hydrogen) atoms. The highest BCUT2D eigenvalue weighted by atomic mass is 16.3. The first-order valence-electron chi connectivity index (χ1n) is 15.0. The van der Waals surface area contributed by atoms with Crippen LogP contribution in [-0.4, -0.2) is 19.9 Å². The Bertz CT molecular complexity index is 2310. The molecule has 0 saturated carbocycles. The number of rotatable bonds is 8. The van der Waals surface area contributed by atoms with E-state index in [4.69, 9.17) is 24.4 Å². The van der Waals surface area contributed by atoms with Gasteiger partial charge in [-0.2, -0.15) is 5.26 Å². The van der Waals surface area contributed by atoms with Crippen molar-refractivity contribution < 1.29 is 4.42 Å². The van der Waals surface area contributed by atoms with E-state index < -0.39 is 0 Å². The number of oxazole rings is 1. The average molecular weight is 606 g/mol. The molecule has 0 N–H and O–H groups in total. The van der Waals surface area contributed by atoms with E-state index in [1.807, 2.05) is 121 Å². The minimum Gasteiger partial charge on any atom is -0.436 e. The van der Waals surface area contributed by atoms with Gasteiger partial charge in [-0.25, -0.2) is 19.9 Å². The molecule has 5 aromatic carbocycles. The normalized spacial score (nSPS) is 11.3. The SMILES string of the molecule is C=C/C=C(\C=C)c1nc(-c2ccccc2)nc(-c2ccc(-c3cc(-c4ccc(C#N)cc4)c4nc(-c5ccccc5)oc4c3)cc2)n1. The molecule has 0 aliphatic carbocycles. The minimum absolute atomic E-state index is 0.518. The third-order valence-electron chi connectivity index (χ3n) is 7.76. The van der Waals surface area contributed by atoms with Crippen molar-refractivity contribution in [1.82, 2.24) is 19.9 Å². The van der Waals surface area contributed by atoms with E-state index in [0.717, 1.165) is 50.0 Å². The lowest BCUT2D eigenvalue weighted by Crippen LogP contribution is -2.02. The Morgan fingerprint density at radius 1 is 0.617 bits per heavy atom. The van der Waals surface area contributed by atoms with Crippen LogP contribution in [0.15, 0.2) is 157 Å². The van der Waals surface area contributed by atoms with Crippen LogP contribution >= 0.6 is 0 Å². The summed E-state index contributed by atoms with van der Waals surface area (Å²) in [6, 6.07) is 41.6. The maximum Gasteiger partial charge on any atom is 0.227 e. The zero-order valence-electron chi connectivity index (χ0n) is 25.3. The summed E-state index contributed by atoms with van der Waals surface area (Å²) in [5.74, 6) is 2.19. The van der Waals surface area contributed by atoms with Gasteiger partial charge in [-0.3, -0.25) is 0 Å². The second kappa shape index (κ2) is 12.7. The molecule has 6 heteroatoms. The fourth-order valence-electron chi connectivity index (χ4n) is 5.37. The lowest BCUT2D eigenvalue weighted by Gasteiger charge is -2.10. The van der Waals surface area contributed by atoms with Crippen LogP contribution in [0.5, 0.6) is 0 Å². The van der Waals surface area contributed by atoms with Gasteiger partial charge < -0.3 is 4.42 Å². The van der Waals surface area contributed by atoms with Gasteiger partial charge in [0.2, 0.25) is 5.89 Å². The molecule has 0 fully saturated rings. The predicted octanol–water partition coefficient (Wildman–Crippen LogP) is 9.97. The number of nitrogens with zero attached hydrogens (tertiary/aromatic N) is 5. The summed E-state index contributed by atoms with van der Waals surface area (Å²) in [4.78, 5) is 19.3. The van der Waals surface area contributed by atoms with E-state index in [0.29, 0.717) is 34.5 Å². The first-order chi connectivity index (χ1) is 23.1. The average Bonchev–Trinajstić information content (AvgIpc) is 3.59. The summed E-state index contributed by atoms with van der Waals surface area (Å²) < 4.78 is 6.33. The molecule has 7 aromatic rings. The number of aromatic nitrogens is 4. The molecular weight excluding hydrogens is 578 g/mol. The number of nitriles is 1. The molecule has 0 aliphatic rings. The number of hydrogen-bond donors (Lipinski definition) is 0. The van der Waals surface area contributed by atoms with Crippen molar-refractivity contribution in [2.75, 3.05) is 0 Å². The Morgan fingerprint density at radius 3 is 1.83 bits per heavy atom. The molecule has 0 bridgehead atoms. The lowest BCUT2D eigenvalue weighted by molar-refractivity contribution is 0.620. The van der Waals surface area contributed by atoms with Crippen LogP contribution in [0.3, 0.4) is 0 Å². The second-order valence-corrected chi connectivity index (χ2v) is 10.8. The molecule has 0 spiro atoms. The van der Waals surface area contributed by atoms with Gasteiger partial charge in [0, 0.05) is 27.8 Å². The van der Waals surface area contributed by atoms with Crippen molar-refractivity contribution in [2.45, 2.75) is 0 Å². The predicted molar refractivity (Wildman–Crippen MR) is 188 cm³/mol. The van der Waals surface area contributed by atoms with Gasteiger partial charge in [0.15, 0.2) is 23.1 Å². The molecule has 222 valence electrons. The lowest BCUT2D eigenvalue weighted by atomic mass is 9.96. The van der Waals surface area contributed by atoms with Gasteiger partial charge in [-0.1, -0.05) is 116 Å². The van der Waals surface area contributed by atoms with Crippen LogP contribution in [0.25, 0.3) is 73.2 Å². The summed E-state index contributed by atoms with van der Waals surface area (Å²) in [6.45, 7) is 7.76. The Kier molecular flexibility index (Phi) is 7.86. The summed E-state index contributed by atoms with van der Waals surface area (Å²) >= 11 is 0. The van der Waals surface area contributed by atoms with E-state index >= 15 is 0 Å². The van der Waals surface area contributed by atoms with Crippen molar-refractivity contribution in [3.05, 3.63) is 164 Å². The molecule has 0 atom stereocenters. The fraction of sp³-hybridized carbons (Fsp3) is 0. The Balaban J connectivity index is 1.33. The smallest absolute Gasteiger partial charge is 0.227 e. The van der Waals surface area contributed by atoms with Crippen molar-refractivity contribution >= 4 is 16.7 Å². The molecule has 0 saturated heterocycles. The van der Waals surface area contributed by atoms with Crippen molar-refractivity contribution in [3.63, 3.8) is 0 Å². The van der Waals surface area contributed by atoms with Gasteiger partial charge in [0.05, 0.1) is 11.6 Å². The fourth-order valence-corrected chi connectivity index (χ4v) is 5.37. The molecule has 2 aromatic heterocycles. The number of allylic oxidation sites excluding steroid dienone is 4. The molecule has 0 radical (unpaired) electrons. The summed E-state index contributed by atoms with van der Waals surface area (Å²) in [6.07, 6.45) is 5.24. The maximum absolute atomic E-state index is 9.35. The molecule has 7 rings (SSSR count). The summed E-state index contributed by atoms with van der Waals surface area (Å²) in [5.41, 5.74) is 9.21. The largest absolute Gasteiger partial charge is 0.436 e. The quantitative estimate of drug-likeness (QED) is 0.160. The van der Waals surface area contributed by atoms with E-state index in [2.05, 4.69) is 25.3 Å². The van der Waals surface area contributed by atoms with Crippen LogP contribution in [0, 0.1) is 11.3 Å². The van der Waals surface area contributed by atoms with Crippen LogP contribution in [0.2, 0.25) is 0 Å². The van der Waals surface area contributed by atoms with Crippen molar-refractivity contribution in [2.24, 2.45) is 0 Å². The van der Waals surface area contributed by atoms with Crippen LogP contribution in [0.4, 0.5) is 0 Å². The van der Waals surface area contributed by atoms with Crippen molar-refractivity contribution in [3.8, 4) is 62.6 Å². The van der Waals surface area contributed by atoms with Gasteiger partial charge in [-0.05, 0) is 53.1 Å². The van der Waals surface area contributed by atoms with E-state index in [1.54, 1.807) is 12.2 Å². The summed E-state index contributed by atoms with van der Waals surface area (Å²) in [5, 5.41) is 9.35. The Hall–Kier alpha value is -6.71. The van der Waals surface area contributed by atoms with Gasteiger partial charge in [-0.15, -0.1) is 0 Å². The molecule has 2 heterocycles. The van der Waals surface area contributed by atoms with E-state index in [9.17, 15) is 5.26 Å². The van der Waals surface area contributed by atoms with E-state index in [1.165, 1.54) is 0 Å². The monoisotopic (exact) mass is 605 g/mol. The van der Waals surface area contributed by atoms with Gasteiger partial charge in [0.25, 0.3) is 0 Å². The highest BCUT2D eigenvalue weighted by Crippen LogP contribution is 2.37. The molecule has 0 aliphatic heterocycles. The summed E-state index contributed by atoms with van der Waals surface area (Å²) in [7, 11) is 0. The topological polar surface area (TPSA) is 88.5 Å². The highest BCUT2D eigenvalue weighted by Gasteiger charge is 2.17. The van der Waals surface area contributed by atoms with Gasteiger partial charge in [0.1, 0.15) is 5.52 Å². The first kappa shape index (κ1) is 29.0. The molecular formula is C41H27N5O. The Labute approximate surface area is 272 Å². The van der Waals surface area contributed by atoms with Crippen molar-refractivity contribution in [1.29, 1.82) is 5.26 Å². The second-order valence-electron chi connectivity index (χ2n) is 10.8. The third kappa shape index (κ3) is 5.89. The minimum atomic E-state index is 0.518. The van der Waals surface area contributed by atoms with Crippen LogP contribution < -0.4 is 0 Å². The zero-order chi connectivity index (χ0) is 32.2. The highest BCUT2D eigenvalue weighted by molar-refractivity contribution is 5.96. The van der Waals surface area contributed by atoms with Crippen LogP contribution in [0.1, 0.15) is 11.4 Å². The number of fused-ring (bicyclic) bond motifs is 1. The molecule has 0 unspecified atom stereocenters. The van der Waals surface area contributed by atoms with Crippen LogP contribution in [-0.2, 0) is 0 Å². The Morgan fingerprint density at radius 2 is 1.21 bits per heavy atom. The molecule has 0 amide bonds. The molecule has 6 nitrogen and oxygen atoms in total. The number of hydrogen-bond acceptors (Lipinski definition) is 6. The standard InChI is InChI=1S/C41H27N5O/c1-3-11-28(4-2)38-44-39(31-12-7-5-8-13-31)46-40(45-38)32-22-20-29(21-23-32)34-24-35(30-18-16-27(26-42)17-19-30)37-36(25-34)47-41(43-37)33-14-9-6-10-15-33/h3-25H,1-2H2/b28-11+. The number of benzene rings is 5. The first-order valence-corrected chi connectivity index (χ1v) is 15.0. The van der Waals surface area contributed by atoms with E-state index in [-0.39, 0.29) is 0 Å².